The van der Waals surface area contributed by atoms with Crippen molar-refractivity contribution in [3.8, 4) is 11.5 Å². The fourth-order valence-corrected chi connectivity index (χ4v) is 3.33. The van der Waals surface area contributed by atoms with Crippen LogP contribution in [0.25, 0.3) is 0 Å². The van der Waals surface area contributed by atoms with E-state index in [0.29, 0.717) is 23.1 Å². The summed E-state index contributed by atoms with van der Waals surface area (Å²) in [5, 5.41) is 3.65. The maximum Gasteiger partial charge on any atom is 0.254 e. The van der Waals surface area contributed by atoms with Gasteiger partial charge in [-0.3, -0.25) is 4.79 Å². The molecule has 5 nitrogen and oxygen atoms in total. The Bertz CT molecular complexity index is 565. The molecule has 1 heterocycles. The van der Waals surface area contributed by atoms with Gasteiger partial charge in [0.2, 0.25) is 0 Å². The summed E-state index contributed by atoms with van der Waals surface area (Å²) in [7, 11) is 3.24. The van der Waals surface area contributed by atoms with E-state index in [1.54, 1.807) is 14.2 Å². The van der Waals surface area contributed by atoms with Crippen LogP contribution in [-0.2, 0) is 0 Å². The van der Waals surface area contributed by atoms with E-state index < -0.39 is 0 Å². The van der Waals surface area contributed by atoms with Crippen LogP contribution in [-0.4, -0.2) is 50.7 Å². The Hall–Kier alpha value is -1.75. The first-order chi connectivity index (χ1) is 11.6. The van der Waals surface area contributed by atoms with Crippen LogP contribution in [0.3, 0.4) is 0 Å². The largest absolute Gasteiger partial charge is 0.496 e. The molecule has 1 saturated carbocycles. The van der Waals surface area contributed by atoms with Crippen molar-refractivity contribution < 1.29 is 14.3 Å². The van der Waals surface area contributed by atoms with E-state index in [9.17, 15) is 4.79 Å². The van der Waals surface area contributed by atoms with Crippen molar-refractivity contribution in [1.82, 2.24) is 10.2 Å². The van der Waals surface area contributed by atoms with Crippen LogP contribution in [0.2, 0.25) is 0 Å². The molecule has 1 N–H and O–H groups in total. The van der Waals surface area contributed by atoms with Crippen LogP contribution in [0.1, 0.15) is 41.6 Å². The SMILES string of the molecule is COc1cc(C(=O)N2CCC(NCC3CC3)CC2)cc(OC)c1C. The van der Waals surface area contributed by atoms with E-state index >= 15 is 0 Å². The van der Waals surface area contributed by atoms with E-state index in [0.717, 1.165) is 44.0 Å². The Morgan fingerprint density at radius 3 is 2.21 bits per heavy atom. The number of ether oxygens (including phenoxy) is 2. The number of carbonyl (C=O) groups is 1. The number of hydrogen-bond acceptors (Lipinski definition) is 4. The molecule has 0 radical (unpaired) electrons. The highest BCUT2D eigenvalue weighted by Gasteiger charge is 2.27. The molecule has 1 amide bonds. The van der Waals surface area contributed by atoms with E-state index in [4.69, 9.17) is 9.47 Å². The summed E-state index contributed by atoms with van der Waals surface area (Å²) in [6, 6.07) is 4.19. The quantitative estimate of drug-likeness (QED) is 0.870. The molecule has 5 heteroatoms. The van der Waals surface area contributed by atoms with Gasteiger partial charge in [0, 0.05) is 30.3 Å². The molecule has 0 aromatic heterocycles. The fourth-order valence-electron chi connectivity index (χ4n) is 3.33. The molecule has 0 spiro atoms. The lowest BCUT2D eigenvalue weighted by atomic mass is 10.0. The van der Waals surface area contributed by atoms with Crippen LogP contribution in [0.4, 0.5) is 0 Å². The Morgan fingerprint density at radius 1 is 1.12 bits per heavy atom. The van der Waals surface area contributed by atoms with Crippen LogP contribution < -0.4 is 14.8 Å². The molecular weight excluding hydrogens is 304 g/mol. The van der Waals surface area contributed by atoms with Crippen molar-refractivity contribution in [3.05, 3.63) is 23.3 Å². The third-order valence-corrected chi connectivity index (χ3v) is 5.17. The number of nitrogens with one attached hydrogen (secondary N) is 1. The molecule has 1 aliphatic carbocycles. The molecule has 0 unspecified atom stereocenters. The number of carbonyl (C=O) groups excluding carboxylic acids is 1. The van der Waals surface area contributed by atoms with E-state index in [1.807, 2.05) is 24.0 Å². The zero-order valence-electron chi connectivity index (χ0n) is 14.9. The lowest BCUT2D eigenvalue weighted by Gasteiger charge is -2.32. The minimum Gasteiger partial charge on any atom is -0.496 e. The number of likely N-dealkylation sites (tertiary alicyclic amines) is 1. The van der Waals surface area contributed by atoms with Crippen molar-refractivity contribution in [1.29, 1.82) is 0 Å². The molecule has 1 aromatic carbocycles. The predicted octanol–water partition coefficient (Wildman–Crippen LogP) is 2.62. The van der Waals surface area contributed by atoms with Gasteiger partial charge in [-0.15, -0.1) is 0 Å². The number of benzene rings is 1. The van der Waals surface area contributed by atoms with Gasteiger partial charge in [0.15, 0.2) is 0 Å². The highest BCUT2D eigenvalue weighted by molar-refractivity contribution is 5.95. The third kappa shape index (κ3) is 3.83. The second-order valence-electron chi connectivity index (χ2n) is 6.92. The fraction of sp³-hybridized carbons (Fsp3) is 0.632. The highest BCUT2D eigenvalue weighted by Crippen LogP contribution is 2.31. The van der Waals surface area contributed by atoms with Crippen molar-refractivity contribution in [3.63, 3.8) is 0 Å². The zero-order valence-corrected chi connectivity index (χ0v) is 14.9. The number of methoxy groups -OCH3 is 2. The van der Waals surface area contributed by atoms with Crippen LogP contribution in [0.5, 0.6) is 11.5 Å². The van der Waals surface area contributed by atoms with Crippen molar-refractivity contribution >= 4 is 5.91 Å². The maximum atomic E-state index is 12.8. The number of hydrogen-bond donors (Lipinski definition) is 1. The first-order valence-corrected chi connectivity index (χ1v) is 8.87. The molecular formula is C19H28N2O3. The Labute approximate surface area is 144 Å². The molecule has 132 valence electrons. The zero-order chi connectivity index (χ0) is 17.1. The van der Waals surface area contributed by atoms with Crippen molar-refractivity contribution in [2.45, 2.75) is 38.6 Å². The van der Waals surface area contributed by atoms with E-state index in [1.165, 1.54) is 12.8 Å². The standard InChI is InChI=1S/C19H28N2O3/c1-13-17(23-2)10-15(11-18(13)24-3)19(22)21-8-6-16(7-9-21)20-12-14-4-5-14/h10-11,14,16,20H,4-9,12H2,1-3H3. The summed E-state index contributed by atoms with van der Waals surface area (Å²) < 4.78 is 10.8. The average Bonchev–Trinajstić information content (AvgIpc) is 3.44. The minimum atomic E-state index is 0.0623. The Balaban J connectivity index is 1.62. The monoisotopic (exact) mass is 332 g/mol. The van der Waals surface area contributed by atoms with Gasteiger partial charge in [-0.2, -0.15) is 0 Å². The van der Waals surface area contributed by atoms with Gasteiger partial charge >= 0.3 is 0 Å². The second-order valence-corrected chi connectivity index (χ2v) is 6.92. The second kappa shape index (κ2) is 7.43. The Kier molecular flexibility index (Phi) is 5.29. The third-order valence-electron chi connectivity index (χ3n) is 5.17. The minimum absolute atomic E-state index is 0.0623. The number of nitrogens with zero attached hydrogens (tertiary/aromatic N) is 1. The molecule has 24 heavy (non-hydrogen) atoms. The number of piperidine rings is 1. The van der Waals surface area contributed by atoms with Gasteiger partial charge in [0.25, 0.3) is 5.91 Å². The summed E-state index contributed by atoms with van der Waals surface area (Å²) in [4.78, 5) is 14.8. The molecule has 3 rings (SSSR count). The molecule has 0 atom stereocenters. The first-order valence-electron chi connectivity index (χ1n) is 8.87. The molecule has 2 fully saturated rings. The van der Waals surface area contributed by atoms with Crippen LogP contribution in [0, 0.1) is 12.8 Å². The van der Waals surface area contributed by atoms with E-state index in [-0.39, 0.29) is 5.91 Å². The summed E-state index contributed by atoms with van der Waals surface area (Å²) in [6.07, 6.45) is 4.81. The van der Waals surface area contributed by atoms with Crippen molar-refractivity contribution in [2.75, 3.05) is 33.9 Å². The molecule has 1 aromatic rings. The highest BCUT2D eigenvalue weighted by atomic mass is 16.5. The van der Waals surface area contributed by atoms with Gasteiger partial charge in [0.05, 0.1) is 14.2 Å². The molecule has 1 aliphatic heterocycles. The van der Waals surface area contributed by atoms with E-state index in [2.05, 4.69) is 5.32 Å². The normalized spacial score (nSPS) is 18.5. The summed E-state index contributed by atoms with van der Waals surface area (Å²) in [5.74, 6) is 2.35. The first kappa shape index (κ1) is 17.1. The molecule has 0 bridgehead atoms. The number of rotatable bonds is 6. The van der Waals surface area contributed by atoms with Crippen molar-refractivity contribution in [2.24, 2.45) is 5.92 Å². The molecule has 2 aliphatic rings. The topological polar surface area (TPSA) is 50.8 Å². The predicted molar refractivity (Wildman–Crippen MR) is 93.9 cm³/mol. The number of amides is 1. The maximum absolute atomic E-state index is 12.8. The Morgan fingerprint density at radius 2 is 1.71 bits per heavy atom. The lowest BCUT2D eigenvalue weighted by molar-refractivity contribution is 0.0704. The molecule has 1 saturated heterocycles. The van der Waals surface area contributed by atoms with Gasteiger partial charge < -0.3 is 19.7 Å². The van der Waals surface area contributed by atoms with Gasteiger partial charge in [-0.1, -0.05) is 0 Å². The average molecular weight is 332 g/mol. The van der Waals surface area contributed by atoms with Crippen LogP contribution in [0.15, 0.2) is 12.1 Å². The van der Waals surface area contributed by atoms with Crippen LogP contribution >= 0.6 is 0 Å². The lowest BCUT2D eigenvalue weighted by Crippen LogP contribution is -2.45. The summed E-state index contributed by atoms with van der Waals surface area (Å²) in [6.45, 7) is 4.69. The van der Waals surface area contributed by atoms with Gasteiger partial charge in [-0.05, 0) is 57.2 Å². The summed E-state index contributed by atoms with van der Waals surface area (Å²) in [5.41, 5.74) is 1.55. The smallest absolute Gasteiger partial charge is 0.254 e. The van der Waals surface area contributed by atoms with Gasteiger partial charge in [0.1, 0.15) is 11.5 Å². The van der Waals surface area contributed by atoms with Gasteiger partial charge in [-0.25, -0.2) is 0 Å². The summed E-state index contributed by atoms with van der Waals surface area (Å²) >= 11 is 0.